The molecule has 1 heterocycles. The molecule has 0 radical (unpaired) electrons. The van der Waals surface area contributed by atoms with Crippen LogP contribution in [0, 0.1) is 0 Å². The summed E-state index contributed by atoms with van der Waals surface area (Å²) in [5, 5.41) is 10.9. The van der Waals surface area contributed by atoms with Gasteiger partial charge in [-0.25, -0.2) is 4.79 Å². The predicted octanol–water partition coefficient (Wildman–Crippen LogP) is -0.673. The number of amides is 2. The first-order chi connectivity index (χ1) is 7.50. The number of hydrogen-bond donors (Lipinski definition) is 3. The van der Waals surface area contributed by atoms with E-state index >= 15 is 0 Å². The largest absolute Gasteiger partial charge is 0.480 e. The van der Waals surface area contributed by atoms with Gasteiger partial charge in [0.1, 0.15) is 6.04 Å². The minimum atomic E-state index is -1.24. The Hall–Kier alpha value is -1.24. The van der Waals surface area contributed by atoms with Gasteiger partial charge in [0.2, 0.25) is 11.8 Å². The van der Waals surface area contributed by atoms with Crippen molar-refractivity contribution in [1.29, 1.82) is 0 Å². The van der Waals surface area contributed by atoms with Crippen LogP contribution in [0.5, 0.6) is 0 Å². The van der Waals surface area contributed by atoms with Gasteiger partial charge in [0.25, 0.3) is 0 Å². The molecule has 0 bridgehead atoms. The first-order valence-electron chi connectivity index (χ1n) is 4.94. The normalized spacial score (nSPS) is 21.4. The van der Waals surface area contributed by atoms with Gasteiger partial charge < -0.3 is 16.2 Å². The van der Waals surface area contributed by atoms with Crippen molar-refractivity contribution in [3.63, 3.8) is 0 Å². The number of rotatable bonds is 5. The molecule has 0 aromatic rings. The lowest BCUT2D eigenvalue weighted by molar-refractivity contribution is -0.143. The number of carboxylic acid groups (broad SMARTS) is 1. The average molecular weight is 246 g/mol. The number of primary amides is 1. The maximum Gasteiger partial charge on any atom is 0.326 e. The fraction of sp³-hybridized carbons (Fsp3) is 0.667. The Kier molecular flexibility index (Phi) is 4.60. The fourth-order valence-electron chi connectivity index (χ4n) is 1.45. The van der Waals surface area contributed by atoms with Crippen LogP contribution in [0.15, 0.2) is 0 Å². The Morgan fingerprint density at radius 3 is 2.62 bits per heavy atom. The van der Waals surface area contributed by atoms with Crippen molar-refractivity contribution in [2.24, 2.45) is 5.73 Å². The smallest absolute Gasteiger partial charge is 0.326 e. The lowest BCUT2D eigenvalue weighted by atomic mass is 10.2. The summed E-state index contributed by atoms with van der Waals surface area (Å²) < 4.78 is 0. The maximum atomic E-state index is 11.6. The zero-order valence-electron chi connectivity index (χ0n) is 8.64. The summed E-state index contributed by atoms with van der Waals surface area (Å²) in [6, 6.07) is -1.22. The second-order valence-electron chi connectivity index (χ2n) is 3.57. The zero-order chi connectivity index (χ0) is 12.1. The van der Waals surface area contributed by atoms with Crippen LogP contribution in [-0.2, 0) is 14.4 Å². The number of nitrogens with one attached hydrogen (secondary N) is 1. The molecule has 0 saturated carbocycles. The summed E-state index contributed by atoms with van der Waals surface area (Å²) in [4.78, 5) is 33.0. The molecule has 7 heteroatoms. The molecule has 1 unspecified atom stereocenters. The van der Waals surface area contributed by atoms with Crippen molar-refractivity contribution in [3.8, 4) is 0 Å². The predicted molar refractivity (Wildman–Crippen MR) is 58.9 cm³/mol. The van der Waals surface area contributed by atoms with Crippen LogP contribution in [0.4, 0.5) is 0 Å². The van der Waals surface area contributed by atoms with E-state index in [2.05, 4.69) is 5.32 Å². The zero-order valence-corrected chi connectivity index (χ0v) is 9.46. The minimum Gasteiger partial charge on any atom is -0.480 e. The Bertz CT molecular complexity index is 302. The molecule has 90 valence electrons. The van der Waals surface area contributed by atoms with E-state index in [0.29, 0.717) is 0 Å². The summed E-state index contributed by atoms with van der Waals surface area (Å²) in [6.45, 7) is 0. The second-order valence-corrected chi connectivity index (χ2v) is 4.88. The molecule has 6 nitrogen and oxygen atoms in total. The van der Waals surface area contributed by atoms with E-state index in [1.54, 1.807) is 0 Å². The molecule has 1 saturated heterocycles. The number of hydrogen-bond acceptors (Lipinski definition) is 4. The van der Waals surface area contributed by atoms with Crippen LogP contribution < -0.4 is 11.1 Å². The monoisotopic (exact) mass is 246 g/mol. The highest BCUT2D eigenvalue weighted by Crippen LogP contribution is 2.26. The molecule has 1 rings (SSSR count). The quantitative estimate of drug-likeness (QED) is 0.596. The van der Waals surface area contributed by atoms with Gasteiger partial charge >= 0.3 is 5.97 Å². The molecule has 1 aliphatic rings. The van der Waals surface area contributed by atoms with E-state index in [1.807, 2.05) is 0 Å². The highest BCUT2D eigenvalue weighted by Gasteiger charge is 2.28. The van der Waals surface area contributed by atoms with Gasteiger partial charge in [0.05, 0.1) is 11.7 Å². The Morgan fingerprint density at radius 2 is 2.19 bits per heavy atom. The molecule has 16 heavy (non-hydrogen) atoms. The standard InChI is InChI=1S/C9H14N2O4S/c10-7(12)4-5(9(14)15)11-8(13)6-2-1-3-16-6/h5-6H,1-4H2,(H2,10,12)(H,11,13)(H,14,15)/t5-,6?/m0/s1. The summed E-state index contributed by atoms with van der Waals surface area (Å²) in [6.07, 6.45) is 1.33. The molecule has 1 fully saturated rings. The van der Waals surface area contributed by atoms with Gasteiger partial charge in [-0.15, -0.1) is 11.8 Å². The average Bonchev–Trinajstić information content (AvgIpc) is 2.68. The molecule has 2 atom stereocenters. The van der Waals surface area contributed by atoms with Gasteiger partial charge in [-0.2, -0.15) is 0 Å². The lowest BCUT2D eigenvalue weighted by Crippen LogP contribution is -2.46. The second kappa shape index (κ2) is 5.74. The molecule has 0 aromatic carbocycles. The van der Waals surface area contributed by atoms with Crippen molar-refractivity contribution >= 4 is 29.5 Å². The minimum absolute atomic E-state index is 0.199. The third-order valence-electron chi connectivity index (χ3n) is 2.24. The SMILES string of the molecule is NC(=O)C[C@H](NC(=O)C1CCCS1)C(=O)O. The first kappa shape index (κ1) is 12.8. The Balaban J connectivity index is 2.50. The summed E-state index contributed by atoms with van der Waals surface area (Å²) in [5.74, 6) is -1.40. The third-order valence-corrected chi connectivity index (χ3v) is 3.62. The van der Waals surface area contributed by atoms with Gasteiger partial charge in [-0.05, 0) is 18.6 Å². The summed E-state index contributed by atoms with van der Waals surface area (Å²) in [5.41, 5.74) is 4.90. The van der Waals surface area contributed by atoms with Crippen molar-refractivity contribution in [2.45, 2.75) is 30.6 Å². The van der Waals surface area contributed by atoms with Crippen LogP contribution in [0.3, 0.4) is 0 Å². The number of nitrogens with two attached hydrogens (primary N) is 1. The van der Waals surface area contributed by atoms with Gasteiger partial charge in [0.15, 0.2) is 0 Å². The van der Waals surface area contributed by atoms with Crippen molar-refractivity contribution < 1.29 is 19.5 Å². The number of aliphatic carboxylic acids is 1. The highest BCUT2D eigenvalue weighted by atomic mass is 32.2. The molecule has 1 aliphatic heterocycles. The highest BCUT2D eigenvalue weighted by molar-refractivity contribution is 8.00. The molecule has 0 spiro atoms. The lowest BCUT2D eigenvalue weighted by Gasteiger charge is -2.15. The third kappa shape index (κ3) is 3.73. The van der Waals surface area contributed by atoms with Gasteiger partial charge in [0, 0.05) is 0 Å². The molecular formula is C9H14N2O4S. The fourth-order valence-corrected chi connectivity index (χ4v) is 2.62. The van der Waals surface area contributed by atoms with E-state index in [0.717, 1.165) is 18.6 Å². The van der Waals surface area contributed by atoms with Gasteiger partial charge in [-0.3, -0.25) is 9.59 Å². The van der Waals surface area contributed by atoms with E-state index in [4.69, 9.17) is 10.8 Å². The van der Waals surface area contributed by atoms with Gasteiger partial charge in [-0.1, -0.05) is 0 Å². The molecule has 0 aromatic heterocycles. The van der Waals surface area contributed by atoms with Crippen LogP contribution in [0.25, 0.3) is 0 Å². The van der Waals surface area contributed by atoms with Crippen LogP contribution in [-0.4, -0.2) is 39.9 Å². The molecular weight excluding hydrogens is 232 g/mol. The first-order valence-corrected chi connectivity index (χ1v) is 5.98. The van der Waals surface area contributed by atoms with Crippen LogP contribution in [0.2, 0.25) is 0 Å². The van der Waals surface area contributed by atoms with Crippen molar-refractivity contribution in [2.75, 3.05) is 5.75 Å². The van der Waals surface area contributed by atoms with Crippen molar-refractivity contribution in [1.82, 2.24) is 5.32 Å². The Morgan fingerprint density at radius 1 is 1.50 bits per heavy atom. The molecule has 2 amide bonds. The summed E-state index contributed by atoms with van der Waals surface area (Å²) in [7, 11) is 0. The molecule has 4 N–H and O–H groups in total. The van der Waals surface area contributed by atoms with E-state index in [1.165, 1.54) is 11.8 Å². The van der Waals surface area contributed by atoms with Crippen LogP contribution in [0.1, 0.15) is 19.3 Å². The number of thioether (sulfide) groups is 1. The van der Waals surface area contributed by atoms with Crippen molar-refractivity contribution in [3.05, 3.63) is 0 Å². The van der Waals surface area contributed by atoms with E-state index in [9.17, 15) is 14.4 Å². The number of carbonyl (C=O) groups is 3. The molecule has 0 aliphatic carbocycles. The summed E-state index contributed by atoms with van der Waals surface area (Å²) >= 11 is 1.50. The Labute approximate surface area is 96.9 Å². The number of carboxylic acids is 1. The van der Waals surface area contributed by atoms with E-state index < -0.39 is 17.9 Å². The topological polar surface area (TPSA) is 109 Å². The van der Waals surface area contributed by atoms with Crippen LogP contribution >= 0.6 is 11.8 Å². The van der Waals surface area contributed by atoms with E-state index in [-0.39, 0.29) is 17.6 Å². The maximum absolute atomic E-state index is 11.6. The number of carbonyl (C=O) groups excluding carboxylic acids is 2.